The molecule has 4 aromatic rings. The molecule has 1 N–H and O–H groups in total. The van der Waals surface area contributed by atoms with Gasteiger partial charge in [-0.1, -0.05) is 11.6 Å². The number of pyridine rings is 1. The Bertz CT molecular complexity index is 1330. The minimum absolute atomic E-state index is 0.308. The lowest BCUT2D eigenvalue weighted by Gasteiger charge is -2.10. The molecule has 0 saturated carbocycles. The van der Waals surface area contributed by atoms with E-state index in [1.807, 2.05) is 25.1 Å². The van der Waals surface area contributed by atoms with Crippen molar-refractivity contribution in [3.05, 3.63) is 82.9 Å². The maximum Gasteiger partial charge on any atom is 0.340 e. The molecule has 8 heteroatoms. The number of halogens is 1. The number of aryl methyl sites for hydroxylation is 3. The van der Waals surface area contributed by atoms with Gasteiger partial charge in [-0.05, 0) is 63.2 Å². The highest BCUT2D eigenvalue weighted by Crippen LogP contribution is 2.20. The second kappa shape index (κ2) is 8.58. The lowest BCUT2D eigenvalue weighted by Crippen LogP contribution is -2.22. The van der Waals surface area contributed by atoms with Crippen LogP contribution >= 0.6 is 0 Å². The van der Waals surface area contributed by atoms with E-state index in [0.717, 1.165) is 16.5 Å². The normalized spacial score (nSPS) is 10.9. The minimum atomic E-state index is -0.628. The number of nitrogens with one attached hydrogen (secondary N) is 1. The molecule has 0 saturated heterocycles. The van der Waals surface area contributed by atoms with Crippen LogP contribution in [0.2, 0.25) is 0 Å². The Morgan fingerprint density at radius 2 is 1.78 bits per heavy atom. The summed E-state index contributed by atoms with van der Waals surface area (Å²) in [5.74, 6) is -1.14. The Balaban J connectivity index is 1.46. The van der Waals surface area contributed by atoms with Crippen molar-refractivity contribution in [3.63, 3.8) is 0 Å². The summed E-state index contributed by atoms with van der Waals surface area (Å²) in [4.78, 5) is 29.5. The molecule has 0 unspecified atom stereocenters. The zero-order chi connectivity index (χ0) is 22.8. The second-order valence-electron chi connectivity index (χ2n) is 7.50. The van der Waals surface area contributed by atoms with E-state index < -0.39 is 18.5 Å². The van der Waals surface area contributed by atoms with Crippen LogP contribution in [0.5, 0.6) is 0 Å². The third-order valence-electron chi connectivity index (χ3n) is 4.89. The number of amides is 1. The van der Waals surface area contributed by atoms with Gasteiger partial charge in [-0.2, -0.15) is 5.10 Å². The highest BCUT2D eigenvalue weighted by Gasteiger charge is 2.17. The molecule has 0 fully saturated rings. The molecule has 2 heterocycles. The molecular weight excluding hydrogens is 411 g/mol. The van der Waals surface area contributed by atoms with Crippen molar-refractivity contribution < 1.29 is 18.7 Å². The molecule has 1 amide bonds. The first-order chi connectivity index (χ1) is 15.3. The number of anilines is 1. The molecule has 4 rings (SSSR count). The van der Waals surface area contributed by atoms with Crippen molar-refractivity contribution in [1.29, 1.82) is 0 Å². The van der Waals surface area contributed by atoms with Gasteiger partial charge in [-0.15, -0.1) is 0 Å². The minimum Gasteiger partial charge on any atom is -0.452 e. The van der Waals surface area contributed by atoms with Gasteiger partial charge in [0.05, 0.1) is 28.2 Å². The molecule has 0 radical (unpaired) electrons. The maximum atomic E-state index is 13.2. The predicted octanol–water partition coefficient (Wildman–Crippen LogP) is 4.28. The number of rotatable bonds is 5. The van der Waals surface area contributed by atoms with Gasteiger partial charge in [0.1, 0.15) is 11.6 Å². The zero-order valence-corrected chi connectivity index (χ0v) is 17.8. The summed E-state index contributed by atoms with van der Waals surface area (Å²) < 4.78 is 19.9. The van der Waals surface area contributed by atoms with Crippen LogP contribution < -0.4 is 5.32 Å². The number of benzene rings is 2. The Kier molecular flexibility index (Phi) is 5.68. The van der Waals surface area contributed by atoms with Crippen LogP contribution in [0.1, 0.15) is 27.3 Å². The molecule has 32 heavy (non-hydrogen) atoms. The van der Waals surface area contributed by atoms with E-state index in [2.05, 4.69) is 15.4 Å². The quantitative estimate of drug-likeness (QED) is 0.476. The van der Waals surface area contributed by atoms with Gasteiger partial charge >= 0.3 is 5.97 Å². The second-order valence-corrected chi connectivity index (χ2v) is 7.50. The summed E-state index contributed by atoms with van der Waals surface area (Å²) >= 11 is 0. The molecular formula is C24H21FN4O3. The van der Waals surface area contributed by atoms with Crippen LogP contribution in [0.15, 0.2) is 54.6 Å². The Labute approximate surface area is 183 Å². The smallest absolute Gasteiger partial charge is 0.340 e. The largest absolute Gasteiger partial charge is 0.452 e. The van der Waals surface area contributed by atoms with Crippen molar-refractivity contribution in [2.75, 3.05) is 11.9 Å². The number of hydrogen-bond acceptors (Lipinski definition) is 5. The van der Waals surface area contributed by atoms with Gasteiger partial charge in [0, 0.05) is 11.5 Å². The SMILES string of the molecule is Cc1ccc2nc(C)c(C(=O)OCC(=O)Nc3cc(C)nn3-c3ccc(F)cc3)cc2c1. The van der Waals surface area contributed by atoms with Crippen molar-refractivity contribution >= 4 is 28.6 Å². The van der Waals surface area contributed by atoms with E-state index >= 15 is 0 Å². The van der Waals surface area contributed by atoms with E-state index in [1.54, 1.807) is 38.1 Å². The fourth-order valence-corrected chi connectivity index (χ4v) is 3.35. The number of hydrogen-bond donors (Lipinski definition) is 1. The topological polar surface area (TPSA) is 86.1 Å². The number of aromatic nitrogens is 3. The fourth-order valence-electron chi connectivity index (χ4n) is 3.35. The summed E-state index contributed by atoms with van der Waals surface area (Å²) in [6, 6.07) is 14.9. The molecule has 0 aliphatic carbocycles. The molecule has 0 aliphatic heterocycles. The first-order valence-electron chi connectivity index (χ1n) is 9.98. The first kappa shape index (κ1) is 21.2. The summed E-state index contributed by atoms with van der Waals surface area (Å²) in [5, 5.41) is 7.82. The van der Waals surface area contributed by atoms with Crippen molar-refractivity contribution in [3.8, 4) is 5.69 Å². The zero-order valence-electron chi connectivity index (χ0n) is 17.8. The van der Waals surface area contributed by atoms with Gasteiger partial charge in [0.25, 0.3) is 5.91 Å². The highest BCUT2D eigenvalue weighted by molar-refractivity contribution is 5.98. The Morgan fingerprint density at radius 1 is 1.03 bits per heavy atom. The van der Waals surface area contributed by atoms with E-state index in [4.69, 9.17) is 4.74 Å². The summed E-state index contributed by atoms with van der Waals surface area (Å²) in [6.45, 7) is 4.98. The highest BCUT2D eigenvalue weighted by atomic mass is 19.1. The Morgan fingerprint density at radius 3 is 2.53 bits per heavy atom. The number of nitrogens with zero attached hydrogens (tertiary/aromatic N) is 3. The summed E-state index contributed by atoms with van der Waals surface area (Å²) in [6.07, 6.45) is 0. The van der Waals surface area contributed by atoms with Gasteiger partial charge < -0.3 is 10.1 Å². The van der Waals surface area contributed by atoms with Crippen LogP contribution in [0.4, 0.5) is 10.2 Å². The van der Waals surface area contributed by atoms with Gasteiger partial charge in [0.15, 0.2) is 6.61 Å². The lowest BCUT2D eigenvalue weighted by atomic mass is 10.1. The molecule has 7 nitrogen and oxygen atoms in total. The molecule has 2 aromatic heterocycles. The number of carbonyl (C=O) groups is 2. The van der Waals surface area contributed by atoms with Crippen LogP contribution in [-0.2, 0) is 9.53 Å². The van der Waals surface area contributed by atoms with Crippen molar-refractivity contribution in [2.45, 2.75) is 20.8 Å². The molecule has 0 spiro atoms. The van der Waals surface area contributed by atoms with Gasteiger partial charge in [-0.3, -0.25) is 9.78 Å². The fraction of sp³-hybridized carbons (Fsp3) is 0.167. The predicted molar refractivity (Wildman–Crippen MR) is 118 cm³/mol. The average molecular weight is 432 g/mol. The lowest BCUT2D eigenvalue weighted by molar-refractivity contribution is -0.119. The summed E-state index contributed by atoms with van der Waals surface area (Å²) in [7, 11) is 0. The maximum absolute atomic E-state index is 13.2. The number of esters is 1. The number of fused-ring (bicyclic) bond motifs is 1. The standard InChI is InChI=1S/C24H21FN4O3/c1-14-4-9-21-17(10-14)12-20(16(3)26-21)24(31)32-13-23(30)27-22-11-15(2)28-29(22)19-7-5-18(25)6-8-19/h4-12H,13H2,1-3H3,(H,27,30). The number of ether oxygens (including phenoxy) is 1. The number of carbonyl (C=O) groups excluding carboxylic acids is 2. The molecule has 0 atom stereocenters. The Hall–Kier alpha value is -4.07. The average Bonchev–Trinajstić information content (AvgIpc) is 3.12. The molecule has 0 aliphatic rings. The van der Waals surface area contributed by atoms with Gasteiger partial charge in [0.2, 0.25) is 0 Å². The molecule has 0 bridgehead atoms. The van der Waals surface area contributed by atoms with Crippen LogP contribution in [-0.4, -0.2) is 33.2 Å². The first-order valence-corrected chi connectivity index (χ1v) is 9.98. The summed E-state index contributed by atoms with van der Waals surface area (Å²) in [5.41, 5.74) is 3.91. The van der Waals surface area contributed by atoms with E-state index in [1.165, 1.54) is 16.8 Å². The van der Waals surface area contributed by atoms with Crippen LogP contribution in [0.25, 0.3) is 16.6 Å². The van der Waals surface area contributed by atoms with E-state index in [-0.39, 0.29) is 5.82 Å². The molecule has 2 aromatic carbocycles. The van der Waals surface area contributed by atoms with Crippen molar-refractivity contribution in [1.82, 2.24) is 14.8 Å². The van der Waals surface area contributed by atoms with Crippen LogP contribution in [0.3, 0.4) is 0 Å². The van der Waals surface area contributed by atoms with Gasteiger partial charge in [-0.25, -0.2) is 13.9 Å². The van der Waals surface area contributed by atoms with E-state index in [9.17, 15) is 14.0 Å². The van der Waals surface area contributed by atoms with Crippen molar-refractivity contribution in [2.24, 2.45) is 0 Å². The third-order valence-corrected chi connectivity index (χ3v) is 4.89. The van der Waals surface area contributed by atoms with Crippen LogP contribution in [0, 0.1) is 26.6 Å². The third kappa shape index (κ3) is 4.49. The molecule has 162 valence electrons. The van der Waals surface area contributed by atoms with E-state index in [0.29, 0.717) is 28.5 Å². The monoisotopic (exact) mass is 432 g/mol.